The number of ether oxygens (including phenoxy) is 1. The molecule has 2 aromatic heterocycles. The van der Waals surface area contributed by atoms with Crippen LogP contribution < -0.4 is 4.74 Å². The number of aromatic nitrogens is 3. The molecule has 0 unspecified atom stereocenters. The maximum atomic E-state index is 5.23. The van der Waals surface area contributed by atoms with E-state index in [-0.39, 0.29) is 0 Å². The largest absolute Gasteiger partial charge is 0.497 e. The van der Waals surface area contributed by atoms with E-state index in [2.05, 4.69) is 33.2 Å². The maximum absolute atomic E-state index is 5.23. The number of hydrogen-bond donors (Lipinski definition) is 0. The Morgan fingerprint density at radius 2 is 2.00 bits per heavy atom. The van der Waals surface area contributed by atoms with Crippen LogP contribution in [-0.4, -0.2) is 33.5 Å². The van der Waals surface area contributed by atoms with Crippen LogP contribution in [0.15, 0.2) is 36.7 Å². The Morgan fingerprint density at radius 1 is 1.15 bits per heavy atom. The van der Waals surface area contributed by atoms with Gasteiger partial charge in [0.05, 0.1) is 7.11 Å². The third kappa shape index (κ3) is 3.59. The van der Waals surface area contributed by atoms with E-state index in [0.717, 1.165) is 48.2 Å². The SMILES string of the molecule is COc1ccc(-c2ncc(CN3CCc4nc(C5CC5)ncc4C3)s2)cc1. The summed E-state index contributed by atoms with van der Waals surface area (Å²) in [6.07, 6.45) is 7.59. The number of methoxy groups -OCH3 is 1. The Bertz CT molecular complexity index is 949. The first-order valence-electron chi connectivity index (χ1n) is 9.44. The van der Waals surface area contributed by atoms with Gasteiger partial charge < -0.3 is 4.74 Å². The van der Waals surface area contributed by atoms with Crippen LogP contribution in [0.4, 0.5) is 0 Å². The predicted octanol–water partition coefficient (Wildman–Crippen LogP) is 4.04. The molecule has 1 fully saturated rings. The van der Waals surface area contributed by atoms with Gasteiger partial charge in [0.25, 0.3) is 0 Å². The molecular formula is C21H22N4OS. The van der Waals surface area contributed by atoms with Gasteiger partial charge in [-0.3, -0.25) is 4.90 Å². The molecule has 0 saturated heterocycles. The van der Waals surface area contributed by atoms with E-state index < -0.39 is 0 Å². The third-order valence-corrected chi connectivity index (χ3v) is 6.28. The maximum Gasteiger partial charge on any atom is 0.131 e. The van der Waals surface area contributed by atoms with Crippen molar-refractivity contribution in [1.82, 2.24) is 19.9 Å². The quantitative estimate of drug-likeness (QED) is 0.670. The third-order valence-electron chi connectivity index (χ3n) is 5.24. The summed E-state index contributed by atoms with van der Waals surface area (Å²) in [6.45, 7) is 2.90. The summed E-state index contributed by atoms with van der Waals surface area (Å²) in [5, 5.41) is 1.06. The van der Waals surface area contributed by atoms with Crippen LogP contribution >= 0.6 is 11.3 Å². The molecule has 5 nitrogen and oxygen atoms in total. The summed E-state index contributed by atoms with van der Waals surface area (Å²) in [4.78, 5) is 17.8. The van der Waals surface area contributed by atoms with Gasteiger partial charge in [0.15, 0.2) is 0 Å². The average Bonchev–Trinajstić information content (AvgIpc) is 3.47. The van der Waals surface area contributed by atoms with Gasteiger partial charge >= 0.3 is 0 Å². The van der Waals surface area contributed by atoms with Crippen LogP contribution in [0.3, 0.4) is 0 Å². The van der Waals surface area contributed by atoms with Gasteiger partial charge in [0, 0.05) is 66.1 Å². The van der Waals surface area contributed by atoms with Crippen molar-refractivity contribution in [3.05, 3.63) is 58.6 Å². The molecule has 1 aromatic carbocycles. The van der Waals surface area contributed by atoms with E-state index in [1.54, 1.807) is 18.4 Å². The van der Waals surface area contributed by atoms with Crippen LogP contribution in [0.2, 0.25) is 0 Å². The van der Waals surface area contributed by atoms with E-state index in [1.165, 1.54) is 29.0 Å². The zero-order valence-electron chi connectivity index (χ0n) is 15.4. The van der Waals surface area contributed by atoms with E-state index in [0.29, 0.717) is 5.92 Å². The second-order valence-corrected chi connectivity index (χ2v) is 8.41. The standard InChI is InChI=1S/C21H22N4OS/c1-26-17-6-4-15(5-7-17)21-23-11-18(27-21)13-25-9-8-19-16(12-25)10-22-20(24-19)14-2-3-14/h4-7,10-11,14H,2-3,8-9,12-13H2,1H3. The molecule has 5 rings (SSSR count). The van der Waals surface area contributed by atoms with E-state index in [4.69, 9.17) is 9.72 Å². The lowest BCUT2D eigenvalue weighted by Crippen LogP contribution is -2.30. The fourth-order valence-electron chi connectivity index (χ4n) is 3.53. The fourth-order valence-corrected chi connectivity index (χ4v) is 4.49. The summed E-state index contributed by atoms with van der Waals surface area (Å²) >= 11 is 1.76. The summed E-state index contributed by atoms with van der Waals surface area (Å²) in [5.41, 5.74) is 3.67. The Kier molecular flexibility index (Phi) is 4.38. The zero-order chi connectivity index (χ0) is 18.2. The Labute approximate surface area is 163 Å². The zero-order valence-corrected chi connectivity index (χ0v) is 16.2. The normalized spacial score (nSPS) is 16.9. The van der Waals surface area contributed by atoms with Crippen molar-refractivity contribution in [3.8, 4) is 16.3 Å². The predicted molar refractivity (Wildman–Crippen MR) is 106 cm³/mol. The van der Waals surface area contributed by atoms with Crippen molar-refractivity contribution in [3.63, 3.8) is 0 Å². The minimum Gasteiger partial charge on any atom is -0.497 e. The van der Waals surface area contributed by atoms with Crippen LogP contribution in [-0.2, 0) is 19.5 Å². The highest BCUT2D eigenvalue weighted by molar-refractivity contribution is 7.15. The van der Waals surface area contributed by atoms with Gasteiger partial charge in [-0.15, -0.1) is 11.3 Å². The summed E-state index contributed by atoms with van der Waals surface area (Å²) in [5.74, 6) is 2.56. The molecule has 0 radical (unpaired) electrons. The van der Waals surface area contributed by atoms with Gasteiger partial charge in [0.2, 0.25) is 0 Å². The molecule has 0 bridgehead atoms. The second-order valence-electron chi connectivity index (χ2n) is 7.30. The summed E-state index contributed by atoms with van der Waals surface area (Å²) < 4.78 is 5.23. The molecule has 0 atom stereocenters. The van der Waals surface area contributed by atoms with Crippen molar-refractivity contribution in [2.45, 2.75) is 38.3 Å². The number of hydrogen-bond acceptors (Lipinski definition) is 6. The monoisotopic (exact) mass is 378 g/mol. The highest BCUT2D eigenvalue weighted by Crippen LogP contribution is 2.38. The fraction of sp³-hybridized carbons (Fsp3) is 0.381. The molecular weight excluding hydrogens is 356 g/mol. The van der Waals surface area contributed by atoms with E-state index >= 15 is 0 Å². The highest BCUT2D eigenvalue weighted by atomic mass is 32.1. The minimum atomic E-state index is 0.627. The number of benzene rings is 1. The van der Waals surface area contributed by atoms with Gasteiger partial charge in [-0.05, 0) is 37.1 Å². The van der Waals surface area contributed by atoms with Crippen molar-refractivity contribution in [2.24, 2.45) is 0 Å². The first-order valence-corrected chi connectivity index (χ1v) is 10.3. The highest BCUT2D eigenvalue weighted by Gasteiger charge is 2.28. The molecule has 0 N–H and O–H groups in total. The molecule has 27 heavy (non-hydrogen) atoms. The molecule has 0 amide bonds. The minimum absolute atomic E-state index is 0.627. The van der Waals surface area contributed by atoms with E-state index in [9.17, 15) is 0 Å². The lowest BCUT2D eigenvalue weighted by Gasteiger charge is -2.27. The molecule has 0 spiro atoms. The Morgan fingerprint density at radius 3 is 2.78 bits per heavy atom. The molecule has 3 aromatic rings. The number of rotatable bonds is 5. The molecule has 3 heterocycles. The average molecular weight is 379 g/mol. The first kappa shape index (κ1) is 16.8. The molecule has 138 valence electrons. The summed E-state index contributed by atoms with van der Waals surface area (Å²) in [6, 6.07) is 8.09. The summed E-state index contributed by atoms with van der Waals surface area (Å²) in [7, 11) is 1.69. The van der Waals surface area contributed by atoms with Crippen molar-refractivity contribution in [2.75, 3.05) is 13.7 Å². The van der Waals surface area contributed by atoms with Crippen molar-refractivity contribution < 1.29 is 4.74 Å². The lowest BCUT2D eigenvalue weighted by atomic mass is 10.1. The van der Waals surface area contributed by atoms with Crippen LogP contribution in [0.25, 0.3) is 10.6 Å². The second kappa shape index (κ2) is 7.02. The van der Waals surface area contributed by atoms with Crippen molar-refractivity contribution >= 4 is 11.3 Å². The van der Waals surface area contributed by atoms with Crippen LogP contribution in [0.5, 0.6) is 5.75 Å². The molecule has 1 saturated carbocycles. The molecule has 1 aliphatic heterocycles. The van der Waals surface area contributed by atoms with Crippen LogP contribution in [0.1, 0.15) is 40.7 Å². The first-order chi connectivity index (χ1) is 13.3. The molecule has 1 aliphatic carbocycles. The number of nitrogens with zero attached hydrogens (tertiary/aromatic N) is 4. The van der Waals surface area contributed by atoms with Crippen molar-refractivity contribution in [1.29, 1.82) is 0 Å². The van der Waals surface area contributed by atoms with Gasteiger partial charge in [-0.2, -0.15) is 0 Å². The molecule has 6 heteroatoms. The number of thiazole rings is 1. The van der Waals surface area contributed by atoms with Crippen LogP contribution in [0, 0.1) is 0 Å². The van der Waals surface area contributed by atoms with E-state index in [1.807, 2.05) is 18.3 Å². The lowest BCUT2D eigenvalue weighted by molar-refractivity contribution is 0.244. The topological polar surface area (TPSA) is 51.1 Å². The number of fused-ring (bicyclic) bond motifs is 1. The molecule has 2 aliphatic rings. The van der Waals surface area contributed by atoms with Gasteiger partial charge in [-0.25, -0.2) is 15.0 Å². The van der Waals surface area contributed by atoms with Gasteiger partial charge in [-0.1, -0.05) is 0 Å². The Balaban J connectivity index is 1.26. The smallest absolute Gasteiger partial charge is 0.131 e. The Hall–Kier alpha value is -2.31. The van der Waals surface area contributed by atoms with Gasteiger partial charge in [0.1, 0.15) is 16.6 Å².